The SMILES string of the molecule is Cc1oc(-c2ccc(C(=O)O)cc2)nc1CSc1nc(N)c(C#N)c(-c2ccc(CC[C@H](C)O)cc2)c1C#N. The Bertz CT molecular complexity index is 1600. The van der Waals surface area contributed by atoms with Crippen LogP contribution in [-0.2, 0) is 12.2 Å². The molecule has 0 saturated heterocycles. The van der Waals surface area contributed by atoms with Crippen molar-refractivity contribution >= 4 is 23.5 Å². The molecule has 9 nitrogen and oxygen atoms in total. The van der Waals surface area contributed by atoms with Crippen molar-refractivity contribution in [3.8, 4) is 34.7 Å². The number of carbonyl (C=O) groups is 1. The molecule has 0 aliphatic heterocycles. The standard InChI is InChI=1S/C29H25N5O4S/c1-16(35)3-4-18-5-7-19(8-6-18)25-22(13-30)26(32)34-28(23(25)14-31)39-15-24-17(2)38-27(33-24)20-9-11-21(12-10-20)29(36)37/h5-12,16,35H,3-4,15H2,1-2H3,(H2,32,34)(H,36,37)/t16-/m0/s1. The summed E-state index contributed by atoms with van der Waals surface area (Å²) in [5.74, 6) is 0.268. The Hall–Kier alpha value is -4.64. The number of aryl methyl sites for hydroxylation is 2. The molecule has 0 bridgehead atoms. The van der Waals surface area contributed by atoms with Gasteiger partial charge in [0.2, 0.25) is 5.89 Å². The average molecular weight is 540 g/mol. The summed E-state index contributed by atoms with van der Waals surface area (Å²) < 4.78 is 5.80. The van der Waals surface area contributed by atoms with E-state index in [0.717, 1.165) is 5.56 Å². The monoisotopic (exact) mass is 539 g/mol. The maximum Gasteiger partial charge on any atom is 0.335 e. The molecule has 2 heterocycles. The van der Waals surface area contributed by atoms with Gasteiger partial charge in [-0.25, -0.2) is 14.8 Å². The topological polar surface area (TPSA) is 170 Å². The maximum atomic E-state index is 11.1. The third-order valence-corrected chi connectivity index (χ3v) is 7.11. The van der Waals surface area contributed by atoms with E-state index in [0.29, 0.717) is 57.7 Å². The minimum Gasteiger partial charge on any atom is -0.478 e. The van der Waals surface area contributed by atoms with Gasteiger partial charge in [0, 0.05) is 16.9 Å². The Labute approximate surface area is 229 Å². The lowest BCUT2D eigenvalue weighted by atomic mass is 9.95. The number of nitrogens with zero attached hydrogens (tertiary/aromatic N) is 4. The predicted molar refractivity (Wildman–Crippen MR) is 147 cm³/mol. The number of nitrogen functional groups attached to an aromatic ring is 1. The van der Waals surface area contributed by atoms with E-state index < -0.39 is 12.1 Å². The molecule has 1 atom stereocenters. The first-order valence-electron chi connectivity index (χ1n) is 12.1. The number of aliphatic hydroxyl groups is 1. The fourth-order valence-corrected chi connectivity index (χ4v) is 4.98. The summed E-state index contributed by atoms with van der Waals surface area (Å²) in [7, 11) is 0. The van der Waals surface area contributed by atoms with Crippen LogP contribution >= 0.6 is 11.8 Å². The highest BCUT2D eigenvalue weighted by atomic mass is 32.2. The van der Waals surface area contributed by atoms with E-state index in [2.05, 4.69) is 22.1 Å². The lowest BCUT2D eigenvalue weighted by Crippen LogP contribution is -2.04. The third-order valence-electron chi connectivity index (χ3n) is 6.13. The van der Waals surface area contributed by atoms with Gasteiger partial charge in [0.1, 0.15) is 34.3 Å². The summed E-state index contributed by atoms with van der Waals surface area (Å²) in [4.78, 5) is 20.0. The number of pyridine rings is 1. The molecule has 0 aliphatic carbocycles. The van der Waals surface area contributed by atoms with Gasteiger partial charge in [-0.2, -0.15) is 10.5 Å². The first-order chi connectivity index (χ1) is 18.7. The van der Waals surface area contributed by atoms with Crippen LogP contribution in [0.5, 0.6) is 0 Å². The molecular weight excluding hydrogens is 514 g/mol. The molecule has 39 heavy (non-hydrogen) atoms. The minimum absolute atomic E-state index is 0.0308. The molecule has 2 aromatic carbocycles. The van der Waals surface area contributed by atoms with Gasteiger partial charge in [-0.15, -0.1) is 0 Å². The van der Waals surface area contributed by atoms with Crippen LogP contribution in [0.3, 0.4) is 0 Å². The fourth-order valence-electron chi connectivity index (χ4n) is 3.98. The highest BCUT2D eigenvalue weighted by Crippen LogP contribution is 2.37. The molecule has 0 aliphatic rings. The number of nitriles is 2. The molecule has 2 aromatic heterocycles. The van der Waals surface area contributed by atoms with E-state index in [4.69, 9.17) is 15.3 Å². The number of benzene rings is 2. The van der Waals surface area contributed by atoms with Crippen molar-refractivity contribution < 1.29 is 19.4 Å². The van der Waals surface area contributed by atoms with Crippen molar-refractivity contribution in [2.45, 2.75) is 43.6 Å². The van der Waals surface area contributed by atoms with Crippen LogP contribution in [0, 0.1) is 29.6 Å². The number of rotatable bonds is 9. The number of hydrogen-bond donors (Lipinski definition) is 3. The first kappa shape index (κ1) is 27.4. The lowest BCUT2D eigenvalue weighted by Gasteiger charge is -2.13. The summed E-state index contributed by atoms with van der Waals surface area (Å²) >= 11 is 1.26. The molecular formula is C29H25N5O4S. The van der Waals surface area contributed by atoms with Crippen molar-refractivity contribution in [2.75, 3.05) is 5.73 Å². The van der Waals surface area contributed by atoms with Gasteiger partial charge < -0.3 is 20.4 Å². The molecule has 0 fully saturated rings. The van der Waals surface area contributed by atoms with Crippen LogP contribution < -0.4 is 5.73 Å². The summed E-state index contributed by atoms with van der Waals surface area (Å²) in [6.45, 7) is 3.51. The number of oxazole rings is 1. The quantitative estimate of drug-likeness (QED) is 0.236. The number of hydrogen-bond acceptors (Lipinski definition) is 9. The van der Waals surface area contributed by atoms with Gasteiger partial charge in [0.15, 0.2) is 0 Å². The summed E-state index contributed by atoms with van der Waals surface area (Å²) in [5.41, 5.74) is 10.1. The zero-order valence-electron chi connectivity index (χ0n) is 21.3. The van der Waals surface area contributed by atoms with Gasteiger partial charge in [-0.1, -0.05) is 36.0 Å². The Kier molecular flexibility index (Phi) is 8.30. The third kappa shape index (κ3) is 6.10. The van der Waals surface area contributed by atoms with Gasteiger partial charge >= 0.3 is 5.97 Å². The highest BCUT2D eigenvalue weighted by molar-refractivity contribution is 7.98. The number of aliphatic hydroxyl groups excluding tert-OH is 1. The van der Waals surface area contributed by atoms with E-state index in [1.807, 2.05) is 24.3 Å². The molecule has 10 heteroatoms. The second kappa shape index (κ2) is 11.8. The van der Waals surface area contributed by atoms with Gasteiger partial charge in [0.25, 0.3) is 0 Å². The van der Waals surface area contributed by atoms with Crippen molar-refractivity contribution in [2.24, 2.45) is 0 Å². The number of nitrogens with two attached hydrogens (primary N) is 1. The van der Waals surface area contributed by atoms with Crippen LogP contribution in [-0.4, -0.2) is 32.3 Å². The number of thioether (sulfide) groups is 1. The number of carboxylic acid groups (broad SMARTS) is 1. The Balaban J connectivity index is 1.63. The van der Waals surface area contributed by atoms with Crippen LogP contribution in [0.1, 0.15) is 51.8 Å². The summed E-state index contributed by atoms with van der Waals surface area (Å²) in [6, 6.07) is 18.0. The number of carboxylic acids is 1. The normalized spacial score (nSPS) is 11.5. The predicted octanol–water partition coefficient (Wildman–Crippen LogP) is 5.34. The molecule has 4 rings (SSSR count). The first-order valence-corrected chi connectivity index (χ1v) is 13.0. The van der Waals surface area contributed by atoms with Crippen LogP contribution in [0.25, 0.3) is 22.6 Å². The molecule has 4 N–H and O–H groups in total. The van der Waals surface area contributed by atoms with Gasteiger partial charge in [-0.05, 0) is 62.1 Å². The molecule has 0 saturated carbocycles. The maximum absolute atomic E-state index is 11.1. The Morgan fingerprint density at radius 3 is 2.28 bits per heavy atom. The number of aromatic carboxylic acids is 1. The lowest BCUT2D eigenvalue weighted by molar-refractivity contribution is 0.0697. The van der Waals surface area contributed by atoms with Gasteiger partial charge in [-0.3, -0.25) is 0 Å². The van der Waals surface area contributed by atoms with Crippen molar-refractivity contribution in [1.82, 2.24) is 9.97 Å². The second-order valence-electron chi connectivity index (χ2n) is 8.93. The minimum atomic E-state index is -1.02. The second-order valence-corrected chi connectivity index (χ2v) is 9.89. The fraction of sp³-hybridized carbons (Fsp3) is 0.207. The van der Waals surface area contributed by atoms with E-state index >= 15 is 0 Å². The zero-order chi connectivity index (χ0) is 28.1. The van der Waals surface area contributed by atoms with Crippen molar-refractivity contribution in [3.63, 3.8) is 0 Å². The van der Waals surface area contributed by atoms with E-state index in [1.54, 1.807) is 26.0 Å². The molecule has 0 radical (unpaired) electrons. The average Bonchev–Trinajstić information content (AvgIpc) is 3.30. The van der Waals surface area contributed by atoms with E-state index in [1.165, 1.54) is 23.9 Å². The molecule has 196 valence electrons. The van der Waals surface area contributed by atoms with Crippen LogP contribution in [0.2, 0.25) is 0 Å². The Morgan fingerprint density at radius 2 is 1.69 bits per heavy atom. The Morgan fingerprint density at radius 1 is 1.05 bits per heavy atom. The van der Waals surface area contributed by atoms with E-state index in [-0.39, 0.29) is 22.5 Å². The van der Waals surface area contributed by atoms with Crippen LogP contribution in [0.15, 0.2) is 58.0 Å². The number of aromatic nitrogens is 2. The smallest absolute Gasteiger partial charge is 0.335 e. The van der Waals surface area contributed by atoms with Crippen molar-refractivity contribution in [3.05, 3.63) is 82.2 Å². The van der Waals surface area contributed by atoms with Crippen molar-refractivity contribution in [1.29, 1.82) is 10.5 Å². The molecule has 4 aromatic rings. The zero-order valence-corrected chi connectivity index (χ0v) is 22.1. The van der Waals surface area contributed by atoms with E-state index in [9.17, 15) is 20.4 Å². The summed E-state index contributed by atoms with van der Waals surface area (Å²) in [6.07, 6.45) is 0.935. The van der Waals surface area contributed by atoms with Gasteiger partial charge in [0.05, 0.1) is 22.9 Å². The highest BCUT2D eigenvalue weighted by Gasteiger charge is 2.22. The summed E-state index contributed by atoms with van der Waals surface area (Å²) in [5, 5.41) is 38.9. The molecule has 0 amide bonds. The molecule has 0 unspecified atom stereocenters. The largest absolute Gasteiger partial charge is 0.478 e. The number of anilines is 1. The van der Waals surface area contributed by atoms with Crippen LogP contribution in [0.4, 0.5) is 5.82 Å². The molecule has 0 spiro atoms.